The molecule has 0 bridgehead atoms. The van der Waals surface area contributed by atoms with Gasteiger partial charge in [0.2, 0.25) is 5.91 Å². The van der Waals surface area contributed by atoms with E-state index in [2.05, 4.69) is 147 Å². The third-order valence-corrected chi connectivity index (χ3v) is 9.22. The Morgan fingerprint density at radius 2 is 0.833 bits per heavy atom. The lowest BCUT2D eigenvalue weighted by Crippen LogP contribution is -2.44. The van der Waals surface area contributed by atoms with Gasteiger partial charge in [0.15, 0.2) is 0 Å². The molecule has 0 aromatic heterocycles. The lowest BCUT2D eigenvalue weighted by molar-refractivity contribution is -0.143. The van der Waals surface area contributed by atoms with Crippen molar-refractivity contribution < 1.29 is 24.2 Å². The van der Waals surface area contributed by atoms with Gasteiger partial charge >= 0.3 is 5.97 Å². The standard InChI is InChI=1S/C54H81NO5/c1-5-7-9-11-13-15-17-19-21-23-25-27-29-31-33-35-37-39-41-44-50(56)46-47-54(3,4)52(58)53(59)55-48-43-49-60-51(57)45-42-40-38-36-34-32-30-28-26-24-22-20-18-16-14-12-10-8-6-2/h7-10,13-16,19-22,25-28,31-34,37-40,52,58H,5-6,11-12,17-18,23-24,29-30,35-36,41-49H2,1-4H3,(H,55,59)/b9-7-,10-8-,15-13-,16-14-,21-19-,22-20-,27-25-,28-26-,33-31-,34-32-,39-37-,40-38-. The summed E-state index contributed by atoms with van der Waals surface area (Å²) in [5.74, 6) is -0.625. The number of nitrogens with one attached hydrogen (secondary N) is 1. The SMILES string of the molecule is CC/C=C\C/C=C\C/C=C\C/C=C\C/C=C\C/C=C\CCC(=O)CCC(C)(C)C(O)C(=O)NCCCOC(=O)CC/C=C\C/C=C\C/C=C\C/C=C\C/C=C\C/C=C\CC. The Morgan fingerprint density at radius 1 is 0.500 bits per heavy atom. The van der Waals surface area contributed by atoms with Gasteiger partial charge in [-0.05, 0) is 103 Å². The number of allylic oxidation sites excluding steroid dienone is 24. The topological polar surface area (TPSA) is 92.7 Å². The largest absolute Gasteiger partial charge is 0.466 e. The highest BCUT2D eigenvalue weighted by Gasteiger charge is 2.33. The zero-order chi connectivity index (χ0) is 44.0. The number of hydrogen-bond donors (Lipinski definition) is 2. The van der Waals surface area contributed by atoms with Gasteiger partial charge in [0, 0.05) is 31.2 Å². The number of hydrogen-bond acceptors (Lipinski definition) is 5. The third kappa shape index (κ3) is 38.9. The summed E-state index contributed by atoms with van der Waals surface area (Å²) < 4.78 is 5.28. The number of ketones is 1. The summed E-state index contributed by atoms with van der Waals surface area (Å²) in [6.07, 6.45) is 65.3. The molecule has 0 saturated carbocycles. The quantitative estimate of drug-likeness (QED) is 0.0370. The molecule has 0 radical (unpaired) electrons. The van der Waals surface area contributed by atoms with Gasteiger partial charge in [0.1, 0.15) is 11.9 Å². The summed E-state index contributed by atoms with van der Waals surface area (Å²) in [7, 11) is 0. The Balaban J connectivity index is 3.95. The van der Waals surface area contributed by atoms with Crippen LogP contribution in [0.15, 0.2) is 146 Å². The van der Waals surface area contributed by atoms with Crippen LogP contribution in [-0.4, -0.2) is 42.0 Å². The highest BCUT2D eigenvalue weighted by Crippen LogP contribution is 2.28. The molecule has 2 N–H and O–H groups in total. The van der Waals surface area contributed by atoms with Crippen LogP contribution in [0.5, 0.6) is 0 Å². The van der Waals surface area contributed by atoms with E-state index in [-0.39, 0.29) is 24.9 Å². The highest BCUT2D eigenvalue weighted by atomic mass is 16.5. The van der Waals surface area contributed by atoms with E-state index in [1.54, 1.807) is 13.8 Å². The van der Waals surface area contributed by atoms with Crippen LogP contribution in [0.25, 0.3) is 0 Å². The van der Waals surface area contributed by atoms with Crippen molar-refractivity contribution in [2.45, 2.75) is 156 Å². The molecule has 332 valence electrons. The zero-order valence-corrected chi connectivity index (χ0v) is 37.9. The molecule has 1 unspecified atom stereocenters. The van der Waals surface area contributed by atoms with Gasteiger partial charge in [-0.25, -0.2) is 0 Å². The van der Waals surface area contributed by atoms with Gasteiger partial charge in [0.25, 0.3) is 0 Å². The summed E-state index contributed by atoms with van der Waals surface area (Å²) in [4.78, 5) is 37.1. The lowest BCUT2D eigenvalue weighted by Gasteiger charge is -2.29. The number of carbonyl (C=O) groups is 3. The van der Waals surface area contributed by atoms with Crippen LogP contribution in [0, 0.1) is 5.41 Å². The zero-order valence-electron chi connectivity index (χ0n) is 37.9. The van der Waals surface area contributed by atoms with Gasteiger partial charge in [-0.3, -0.25) is 14.4 Å². The van der Waals surface area contributed by atoms with Crippen LogP contribution in [0.2, 0.25) is 0 Å². The maximum Gasteiger partial charge on any atom is 0.306 e. The number of carbonyl (C=O) groups excluding carboxylic acids is 3. The molecule has 6 nitrogen and oxygen atoms in total. The van der Waals surface area contributed by atoms with Crippen molar-refractivity contribution >= 4 is 17.7 Å². The molecular weight excluding hydrogens is 743 g/mol. The van der Waals surface area contributed by atoms with Gasteiger partial charge in [0.05, 0.1) is 6.61 Å². The number of aliphatic hydroxyl groups excluding tert-OH is 1. The van der Waals surface area contributed by atoms with Crippen molar-refractivity contribution in [2.24, 2.45) is 5.41 Å². The average molecular weight is 824 g/mol. The van der Waals surface area contributed by atoms with E-state index in [1.165, 1.54) is 0 Å². The van der Waals surface area contributed by atoms with E-state index in [0.29, 0.717) is 44.9 Å². The van der Waals surface area contributed by atoms with E-state index < -0.39 is 17.4 Å². The van der Waals surface area contributed by atoms with Gasteiger partial charge in [-0.2, -0.15) is 0 Å². The van der Waals surface area contributed by atoms with E-state index in [0.717, 1.165) is 77.0 Å². The first-order chi connectivity index (χ1) is 29.2. The number of aliphatic hydroxyl groups is 1. The minimum Gasteiger partial charge on any atom is -0.466 e. The first kappa shape index (κ1) is 55.5. The Bertz CT molecular complexity index is 1460. The Kier molecular flexibility index (Phi) is 39.3. The molecule has 0 fully saturated rings. The number of rotatable bonds is 37. The Hall–Kier alpha value is -4.55. The third-order valence-electron chi connectivity index (χ3n) is 9.22. The summed E-state index contributed by atoms with van der Waals surface area (Å²) in [6, 6.07) is 0. The van der Waals surface area contributed by atoms with E-state index in [1.807, 2.05) is 18.2 Å². The lowest BCUT2D eigenvalue weighted by atomic mass is 9.80. The van der Waals surface area contributed by atoms with Crippen LogP contribution in [0.4, 0.5) is 0 Å². The predicted octanol–water partition coefficient (Wildman–Crippen LogP) is 13.7. The molecular formula is C54H81NO5. The highest BCUT2D eigenvalue weighted by molar-refractivity contribution is 5.82. The summed E-state index contributed by atoms with van der Waals surface area (Å²) in [5.41, 5.74) is -0.748. The second-order valence-corrected chi connectivity index (χ2v) is 15.2. The van der Waals surface area contributed by atoms with Crippen LogP contribution in [0.1, 0.15) is 150 Å². The minimum absolute atomic E-state index is 0.123. The fraction of sp³-hybridized carbons (Fsp3) is 0.500. The average Bonchev–Trinajstić information content (AvgIpc) is 3.24. The van der Waals surface area contributed by atoms with E-state index >= 15 is 0 Å². The maximum atomic E-state index is 12.6. The maximum absolute atomic E-state index is 12.6. The van der Waals surface area contributed by atoms with Crippen molar-refractivity contribution in [3.05, 3.63) is 146 Å². The molecule has 0 aliphatic rings. The molecule has 1 atom stereocenters. The monoisotopic (exact) mass is 824 g/mol. The van der Waals surface area contributed by atoms with Crippen LogP contribution in [-0.2, 0) is 19.1 Å². The Labute approximate surface area is 366 Å². The fourth-order valence-corrected chi connectivity index (χ4v) is 5.44. The normalized spacial score (nSPS) is 13.8. The van der Waals surface area contributed by atoms with Crippen molar-refractivity contribution in [3.63, 3.8) is 0 Å². The molecule has 0 rings (SSSR count). The summed E-state index contributed by atoms with van der Waals surface area (Å²) in [6.45, 7) is 8.38. The predicted molar refractivity (Wildman–Crippen MR) is 258 cm³/mol. The van der Waals surface area contributed by atoms with Crippen molar-refractivity contribution in [2.75, 3.05) is 13.2 Å². The van der Waals surface area contributed by atoms with E-state index in [4.69, 9.17) is 4.74 Å². The van der Waals surface area contributed by atoms with Crippen LogP contribution >= 0.6 is 0 Å². The summed E-state index contributed by atoms with van der Waals surface area (Å²) >= 11 is 0. The molecule has 6 heteroatoms. The molecule has 0 spiro atoms. The number of ether oxygens (including phenoxy) is 1. The smallest absolute Gasteiger partial charge is 0.306 e. The molecule has 0 aliphatic carbocycles. The fourth-order valence-electron chi connectivity index (χ4n) is 5.44. The van der Waals surface area contributed by atoms with Crippen molar-refractivity contribution in [1.82, 2.24) is 5.32 Å². The van der Waals surface area contributed by atoms with Gasteiger partial charge in [-0.1, -0.05) is 174 Å². The molecule has 0 aromatic carbocycles. The Morgan fingerprint density at radius 3 is 1.20 bits per heavy atom. The molecule has 0 aromatic rings. The first-order valence-corrected chi connectivity index (χ1v) is 22.7. The van der Waals surface area contributed by atoms with Crippen LogP contribution < -0.4 is 5.32 Å². The van der Waals surface area contributed by atoms with E-state index in [9.17, 15) is 19.5 Å². The van der Waals surface area contributed by atoms with Crippen LogP contribution in [0.3, 0.4) is 0 Å². The molecule has 0 aliphatic heterocycles. The first-order valence-electron chi connectivity index (χ1n) is 22.7. The molecule has 60 heavy (non-hydrogen) atoms. The van der Waals surface area contributed by atoms with Gasteiger partial charge < -0.3 is 15.2 Å². The second-order valence-electron chi connectivity index (χ2n) is 15.2. The van der Waals surface area contributed by atoms with Crippen molar-refractivity contribution in [3.8, 4) is 0 Å². The molecule has 1 amide bonds. The summed E-state index contributed by atoms with van der Waals surface area (Å²) in [5, 5.41) is 13.4. The van der Waals surface area contributed by atoms with Gasteiger partial charge in [-0.15, -0.1) is 0 Å². The van der Waals surface area contributed by atoms with Crippen molar-refractivity contribution in [1.29, 1.82) is 0 Å². The number of Topliss-reactive ketones (excluding diaryl/α,β-unsaturated/α-hetero) is 1. The second kappa shape index (κ2) is 42.6. The minimum atomic E-state index is -1.24. The number of amides is 1. The number of esters is 1. The molecule has 0 saturated heterocycles. The molecule has 0 heterocycles.